The molecule has 0 saturated heterocycles. The van der Waals surface area contributed by atoms with Crippen LogP contribution in [0.2, 0.25) is 0 Å². The van der Waals surface area contributed by atoms with Crippen molar-refractivity contribution in [3.05, 3.63) is 61.5 Å². The van der Waals surface area contributed by atoms with Crippen molar-refractivity contribution in [1.82, 2.24) is 9.99 Å². The minimum atomic E-state index is -0.550. The van der Waals surface area contributed by atoms with Gasteiger partial charge in [0.05, 0.1) is 19.4 Å². The van der Waals surface area contributed by atoms with Gasteiger partial charge in [-0.3, -0.25) is 9.59 Å². The predicted octanol–water partition coefficient (Wildman–Crippen LogP) is 3.12. The number of aromatic nitrogens is 1. The zero-order valence-corrected chi connectivity index (χ0v) is 19.5. The molecule has 0 aliphatic rings. The number of carbonyl (C=O) groups excluding carboxylic acids is 1. The Bertz CT molecular complexity index is 1050. The van der Waals surface area contributed by atoms with Crippen molar-refractivity contribution in [3.8, 4) is 11.8 Å². The number of pyridine rings is 1. The zero-order valence-electron chi connectivity index (χ0n) is 17.9. The standard InChI is InChI=1S/C22H25BrN4O4/c1-14(2)12-31-17-7-5-16(6-8-17)10-25-26-20(28)11-27-15(3)21(23)19(13-30-4)18(9-24)22(27)29/h5-8,10,14H,11-13H2,1-4H3,(H,26,28)/b25-10+. The molecular weight excluding hydrogens is 464 g/mol. The number of nitrogens with one attached hydrogen (secondary N) is 1. The summed E-state index contributed by atoms with van der Waals surface area (Å²) in [5, 5.41) is 13.3. The van der Waals surface area contributed by atoms with Gasteiger partial charge in [-0.25, -0.2) is 5.43 Å². The number of hydrogen-bond acceptors (Lipinski definition) is 6. The topological polar surface area (TPSA) is 106 Å². The smallest absolute Gasteiger partial charge is 0.269 e. The van der Waals surface area contributed by atoms with Gasteiger partial charge in [0.25, 0.3) is 11.5 Å². The number of halogens is 1. The predicted molar refractivity (Wildman–Crippen MR) is 121 cm³/mol. The van der Waals surface area contributed by atoms with E-state index in [9.17, 15) is 14.9 Å². The first-order valence-electron chi connectivity index (χ1n) is 9.64. The Balaban J connectivity index is 2.07. The van der Waals surface area contributed by atoms with Crippen LogP contribution in [0, 0.1) is 24.2 Å². The Morgan fingerprint density at radius 2 is 2.03 bits per heavy atom. The first kappa shape index (κ1) is 24.3. The summed E-state index contributed by atoms with van der Waals surface area (Å²) < 4.78 is 12.5. The average molecular weight is 489 g/mol. The van der Waals surface area contributed by atoms with Crippen molar-refractivity contribution in [2.75, 3.05) is 13.7 Å². The molecule has 1 aromatic carbocycles. The van der Waals surface area contributed by atoms with Crippen LogP contribution in [-0.2, 0) is 22.7 Å². The fourth-order valence-corrected chi connectivity index (χ4v) is 3.25. The number of rotatable bonds is 9. The second kappa shape index (κ2) is 11.4. The van der Waals surface area contributed by atoms with Crippen molar-refractivity contribution in [3.63, 3.8) is 0 Å². The van der Waals surface area contributed by atoms with Crippen molar-refractivity contribution < 1.29 is 14.3 Å². The van der Waals surface area contributed by atoms with E-state index in [0.717, 1.165) is 11.3 Å². The van der Waals surface area contributed by atoms with Crippen LogP contribution >= 0.6 is 15.9 Å². The van der Waals surface area contributed by atoms with E-state index in [4.69, 9.17) is 9.47 Å². The molecule has 2 rings (SSSR count). The first-order chi connectivity index (χ1) is 14.8. The number of nitriles is 1. The van der Waals surface area contributed by atoms with Crippen LogP contribution in [-0.4, -0.2) is 30.4 Å². The molecule has 1 heterocycles. The highest BCUT2D eigenvalue weighted by molar-refractivity contribution is 9.10. The Labute approximate surface area is 189 Å². The van der Waals surface area contributed by atoms with Crippen LogP contribution in [0.4, 0.5) is 0 Å². The molecule has 0 fully saturated rings. The molecule has 0 spiro atoms. The molecule has 8 nitrogen and oxygen atoms in total. The van der Waals surface area contributed by atoms with E-state index >= 15 is 0 Å². The van der Waals surface area contributed by atoms with Crippen molar-refractivity contribution in [2.24, 2.45) is 11.0 Å². The summed E-state index contributed by atoms with van der Waals surface area (Å²) >= 11 is 3.39. The molecule has 0 unspecified atom stereocenters. The first-order valence-corrected chi connectivity index (χ1v) is 10.4. The summed E-state index contributed by atoms with van der Waals surface area (Å²) in [6.07, 6.45) is 1.50. The van der Waals surface area contributed by atoms with Gasteiger partial charge in [0.15, 0.2) is 0 Å². The van der Waals surface area contributed by atoms with Crippen LogP contribution in [0.15, 0.2) is 38.6 Å². The number of carbonyl (C=O) groups is 1. The third-order valence-electron chi connectivity index (χ3n) is 4.32. The van der Waals surface area contributed by atoms with E-state index in [1.54, 1.807) is 6.92 Å². The molecule has 2 aromatic rings. The second-order valence-electron chi connectivity index (χ2n) is 7.26. The molecule has 0 saturated carbocycles. The lowest BCUT2D eigenvalue weighted by Crippen LogP contribution is -2.33. The Morgan fingerprint density at radius 1 is 1.35 bits per heavy atom. The van der Waals surface area contributed by atoms with E-state index in [2.05, 4.69) is 40.3 Å². The van der Waals surface area contributed by atoms with Gasteiger partial charge >= 0.3 is 0 Å². The number of methoxy groups -OCH3 is 1. The summed E-state index contributed by atoms with van der Waals surface area (Å²) in [7, 11) is 1.48. The number of amides is 1. The molecule has 0 aliphatic carbocycles. The Hall–Kier alpha value is -2.96. The quantitative estimate of drug-likeness (QED) is 0.431. The maximum Gasteiger partial charge on any atom is 0.269 e. The van der Waals surface area contributed by atoms with Gasteiger partial charge in [0.2, 0.25) is 0 Å². The summed E-state index contributed by atoms with van der Waals surface area (Å²) in [6, 6.07) is 9.21. The van der Waals surface area contributed by atoms with Gasteiger partial charge in [-0.05, 0) is 58.6 Å². The lowest BCUT2D eigenvalue weighted by Gasteiger charge is -2.15. The number of hydrazone groups is 1. The highest BCUT2D eigenvalue weighted by Crippen LogP contribution is 2.23. The zero-order chi connectivity index (χ0) is 23.0. The van der Waals surface area contributed by atoms with Crippen LogP contribution in [0.1, 0.15) is 36.2 Å². The summed E-state index contributed by atoms with van der Waals surface area (Å²) in [4.78, 5) is 25.0. The summed E-state index contributed by atoms with van der Waals surface area (Å²) in [6.45, 7) is 6.31. The van der Waals surface area contributed by atoms with E-state index < -0.39 is 11.5 Å². The van der Waals surface area contributed by atoms with Crippen molar-refractivity contribution in [1.29, 1.82) is 5.26 Å². The molecule has 0 aliphatic heterocycles. The fraction of sp³-hybridized carbons (Fsp3) is 0.364. The normalized spacial score (nSPS) is 11.0. The number of benzene rings is 1. The van der Waals surface area contributed by atoms with Crippen LogP contribution in [0.25, 0.3) is 0 Å². The number of nitrogens with zero attached hydrogens (tertiary/aromatic N) is 3. The SMILES string of the molecule is COCc1c(Br)c(C)n(CC(=O)N/N=C/c2ccc(OCC(C)C)cc2)c(=O)c1C#N. The molecule has 164 valence electrons. The largest absolute Gasteiger partial charge is 0.493 e. The third kappa shape index (κ3) is 6.51. The maximum atomic E-state index is 12.7. The minimum absolute atomic E-state index is 0.0598. The molecule has 1 N–H and O–H groups in total. The van der Waals surface area contributed by atoms with Crippen LogP contribution < -0.4 is 15.7 Å². The van der Waals surface area contributed by atoms with E-state index in [0.29, 0.717) is 28.3 Å². The van der Waals surface area contributed by atoms with Gasteiger partial charge in [-0.1, -0.05) is 13.8 Å². The van der Waals surface area contributed by atoms with E-state index in [1.807, 2.05) is 30.3 Å². The Morgan fingerprint density at radius 3 is 2.61 bits per heavy atom. The van der Waals surface area contributed by atoms with Crippen LogP contribution in [0.3, 0.4) is 0 Å². The molecule has 9 heteroatoms. The molecule has 0 atom stereocenters. The van der Waals surface area contributed by atoms with Gasteiger partial charge in [0.1, 0.15) is 23.9 Å². The van der Waals surface area contributed by atoms with E-state index in [-0.39, 0.29) is 18.7 Å². The molecule has 1 amide bonds. The summed E-state index contributed by atoms with van der Waals surface area (Å²) in [5.74, 6) is 0.711. The second-order valence-corrected chi connectivity index (χ2v) is 8.05. The lowest BCUT2D eigenvalue weighted by atomic mass is 10.1. The third-order valence-corrected chi connectivity index (χ3v) is 5.37. The summed E-state index contributed by atoms with van der Waals surface area (Å²) in [5.41, 5.74) is 3.56. The molecule has 1 aromatic heterocycles. The van der Waals surface area contributed by atoms with Crippen molar-refractivity contribution >= 4 is 28.1 Å². The van der Waals surface area contributed by atoms with E-state index in [1.165, 1.54) is 17.9 Å². The Kier molecular flexibility index (Phi) is 8.97. The monoisotopic (exact) mass is 488 g/mol. The molecule has 0 radical (unpaired) electrons. The fourth-order valence-electron chi connectivity index (χ4n) is 2.72. The number of ether oxygens (including phenoxy) is 2. The molecule has 0 bridgehead atoms. The molecule has 31 heavy (non-hydrogen) atoms. The lowest BCUT2D eigenvalue weighted by molar-refractivity contribution is -0.121. The van der Waals surface area contributed by atoms with Crippen molar-refractivity contribution in [2.45, 2.75) is 33.9 Å². The molecular formula is C22H25BrN4O4. The number of hydrogen-bond donors (Lipinski definition) is 1. The van der Waals surface area contributed by atoms with Crippen LogP contribution in [0.5, 0.6) is 5.75 Å². The van der Waals surface area contributed by atoms with Gasteiger partial charge in [-0.15, -0.1) is 0 Å². The highest BCUT2D eigenvalue weighted by Gasteiger charge is 2.19. The highest BCUT2D eigenvalue weighted by atomic mass is 79.9. The van der Waals surface area contributed by atoms with Gasteiger partial charge < -0.3 is 14.0 Å². The minimum Gasteiger partial charge on any atom is -0.493 e. The average Bonchev–Trinajstić information content (AvgIpc) is 2.74. The van der Waals surface area contributed by atoms with Gasteiger partial charge in [-0.2, -0.15) is 10.4 Å². The van der Waals surface area contributed by atoms with Gasteiger partial charge in [0, 0.05) is 22.8 Å². The maximum absolute atomic E-state index is 12.7.